The van der Waals surface area contributed by atoms with E-state index >= 15 is 0 Å². The van der Waals surface area contributed by atoms with Gasteiger partial charge in [0.15, 0.2) is 0 Å². The van der Waals surface area contributed by atoms with Gasteiger partial charge in [-0.25, -0.2) is 18.2 Å². The van der Waals surface area contributed by atoms with Crippen LogP contribution in [0.25, 0.3) is 11.3 Å². The molecule has 2 aliphatic heterocycles. The van der Waals surface area contributed by atoms with Gasteiger partial charge in [0, 0.05) is 19.3 Å². The van der Waals surface area contributed by atoms with Crippen molar-refractivity contribution in [3.63, 3.8) is 0 Å². The highest BCUT2D eigenvalue weighted by Crippen LogP contribution is 2.41. The van der Waals surface area contributed by atoms with E-state index in [0.717, 1.165) is 38.1 Å². The first-order valence-corrected chi connectivity index (χ1v) is 8.88. The van der Waals surface area contributed by atoms with Gasteiger partial charge in [0.2, 0.25) is 5.60 Å². The maximum Gasteiger partial charge on any atom is 0.216 e. The van der Waals surface area contributed by atoms with E-state index in [9.17, 15) is 13.2 Å². The Kier molecular flexibility index (Phi) is 4.49. The van der Waals surface area contributed by atoms with E-state index in [-0.39, 0.29) is 23.4 Å². The molecule has 142 valence electrons. The van der Waals surface area contributed by atoms with Crippen molar-refractivity contribution in [2.75, 3.05) is 19.8 Å². The summed E-state index contributed by atoms with van der Waals surface area (Å²) >= 11 is 0. The molecule has 27 heavy (non-hydrogen) atoms. The average Bonchev–Trinajstić information content (AvgIpc) is 3.32. The molecular formula is C19H19F3N4O. The number of alkyl halides is 1. The fourth-order valence-electron chi connectivity index (χ4n) is 3.58. The van der Waals surface area contributed by atoms with Crippen LogP contribution in [0.3, 0.4) is 0 Å². The van der Waals surface area contributed by atoms with Crippen molar-refractivity contribution in [3.05, 3.63) is 47.4 Å². The predicted molar refractivity (Wildman–Crippen MR) is 93.7 cm³/mol. The summed E-state index contributed by atoms with van der Waals surface area (Å²) in [7, 11) is 0. The van der Waals surface area contributed by atoms with Crippen LogP contribution in [0.4, 0.5) is 13.2 Å². The van der Waals surface area contributed by atoms with Crippen LogP contribution >= 0.6 is 0 Å². The Hall–Kier alpha value is -2.64. The van der Waals surface area contributed by atoms with Crippen molar-refractivity contribution in [2.24, 2.45) is 5.16 Å². The van der Waals surface area contributed by atoms with Crippen molar-refractivity contribution < 1.29 is 18.0 Å². The van der Waals surface area contributed by atoms with Gasteiger partial charge < -0.3 is 9.74 Å². The van der Waals surface area contributed by atoms with Crippen LogP contribution in [-0.2, 0) is 10.4 Å². The summed E-state index contributed by atoms with van der Waals surface area (Å²) in [6.45, 7) is 2.38. The minimum absolute atomic E-state index is 0.0533. The molecule has 0 radical (unpaired) electrons. The smallest absolute Gasteiger partial charge is 0.216 e. The van der Waals surface area contributed by atoms with Gasteiger partial charge in [0.1, 0.15) is 35.5 Å². The van der Waals surface area contributed by atoms with E-state index in [2.05, 4.69) is 15.1 Å². The van der Waals surface area contributed by atoms with E-state index in [4.69, 9.17) is 4.84 Å². The third-order valence-corrected chi connectivity index (χ3v) is 4.98. The Balaban J connectivity index is 1.80. The Bertz CT molecular complexity index is 878. The third-order valence-electron chi connectivity index (χ3n) is 4.98. The lowest BCUT2D eigenvalue weighted by Crippen LogP contribution is -2.35. The van der Waals surface area contributed by atoms with E-state index < -0.39 is 23.9 Å². The van der Waals surface area contributed by atoms with Crippen molar-refractivity contribution in [2.45, 2.75) is 31.8 Å². The van der Waals surface area contributed by atoms with Crippen LogP contribution in [0.15, 0.2) is 29.6 Å². The van der Waals surface area contributed by atoms with Crippen molar-refractivity contribution >= 4 is 5.84 Å². The number of benzene rings is 1. The van der Waals surface area contributed by atoms with Gasteiger partial charge in [-0.05, 0) is 31.9 Å². The van der Waals surface area contributed by atoms with Crippen LogP contribution in [-0.4, -0.2) is 40.5 Å². The number of aromatic nitrogens is 2. The zero-order valence-electron chi connectivity index (χ0n) is 14.9. The standard InChI is InChI=1S/C19H19F3N4O/c1-12-10-23-18(17(24-12)16-13(21)5-4-6-14(16)22)19(11-20)9-15(25-27-19)26-7-2-3-8-26/h4-6,10H,2-3,7-9,11H2,1H3. The topological polar surface area (TPSA) is 50.6 Å². The molecule has 2 aliphatic rings. The van der Waals surface area contributed by atoms with Gasteiger partial charge in [-0.15, -0.1) is 0 Å². The van der Waals surface area contributed by atoms with E-state index in [1.165, 1.54) is 12.3 Å². The highest BCUT2D eigenvalue weighted by molar-refractivity contribution is 5.85. The maximum absolute atomic E-state index is 14.4. The van der Waals surface area contributed by atoms with Crippen LogP contribution in [0.5, 0.6) is 0 Å². The van der Waals surface area contributed by atoms with Gasteiger partial charge in [-0.3, -0.25) is 4.98 Å². The van der Waals surface area contributed by atoms with Crippen molar-refractivity contribution in [1.82, 2.24) is 14.9 Å². The van der Waals surface area contributed by atoms with Gasteiger partial charge in [0.05, 0.1) is 17.7 Å². The molecule has 1 aromatic heterocycles. The SMILES string of the molecule is Cc1cnc(C2(CF)CC(N3CCCC3)=NO2)c(-c2c(F)cccc2F)n1. The van der Waals surface area contributed by atoms with E-state index in [0.29, 0.717) is 11.5 Å². The van der Waals surface area contributed by atoms with Crippen LogP contribution in [0.2, 0.25) is 0 Å². The average molecular weight is 376 g/mol. The monoisotopic (exact) mass is 376 g/mol. The second-order valence-corrected chi connectivity index (χ2v) is 6.90. The summed E-state index contributed by atoms with van der Waals surface area (Å²) < 4.78 is 43.0. The van der Waals surface area contributed by atoms with Crippen molar-refractivity contribution in [3.8, 4) is 11.3 Å². The number of rotatable bonds is 3. The summed E-state index contributed by atoms with van der Waals surface area (Å²) in [6.07, 6.45) is 3.66. The molecule has 4 rings (SSSR count). The Morgan fingerprint density at radius 2 is 1.89 bits per heavy atom. The lowest BCUT2D eigenvalue weighted by molar-refractivity contribution is -0.0437. The minimum atomic E-state index is -1.54. The van der Waals surface area contributed by atoms with Gasteiger partial charge in [0.25, 0.3) is 0 Å². The van der Waals surface area contributed by atoms with E-state index in [1.54, 1.807) is 6.92 Å². The lowest BCUT2D eigenvalue weighted by Gasteiger charge is -2.25. The highest BCUT2D eigenvalue weighted by Gasteiger charge is 2.47. The summed E-state index contributed by atoms with van der Waals surface area (Å²) in [5.41, 5.74) is -1.42. The van der Waals surface area contributed by atoms with Crippen LogP contribution in [0, 0.1) is 18.6 Å². The molecule has 1 fully saturated rings. The second kappa shape index (κ2) is 6.83. The fourth-order valence-corrected chi connectivity index (χ4v) is 3.58. The minimum Gasteiger partial charge on any atom is -0.378 e. The van der Waals surface area contributed by atoms with Gasteiger partial charge in [-0.1, -0.05) is 11.2 Å². The molecule has 0 saturated carbocycles. The molecule has 0 bridgehead atoms. The number of likely N-dealkylation sites (tertiary alicyclic amines) is 1. The second-order valence-electron chi connectivity index (χ2n) is 6.90. The maximum atomic E-state index is 14.4. The Labute approximate surface area is 154 Å². The number of nitrogens with zero attached hydrogens (tertiary/aromatic N) is 4. The largest absolute Gasteiger partial charge is 0.378 e. The Morgan fingerprint density at radius 1 is 1.19 bits per heavy atom. The summed E-state index contributed by atoms with van der Waals surface area (Å²) in [5, 5.41) is 4.07. The fraction of sp³-hybridized carbons (Fsp3) is 0.421. The van der Waals surface area contributed by atoms with Gasteiger partial charge >= 0.3 is 0 Å². The molecule has 1 saturated heterocycles. The number of hydrogen-bond donors (Lipinski definition) is 0. The summed E-state index contributed by atoms with van der Waals surface area (Å²) in [6, 6.07) is 3.54. The molecule has 2 aromatic rings. The molecule has 8 heteroatoms. The Morgan fingerprint density at radius 3 is 2.56 bits per heavy atom. The van der Waals surface area contributed by atoms with E-state index in [1.807, 2.05) is 4.90 Å². The molecule has 0 spiro atoms. The number of hydrogen-bond acceptors (Lipinski definition) is 5. The van der Waals surface area contributed by atoms with Crippen LogP contribution in [0.1, 0.15) is 30.7 Å². The zero-order valence-corrected chi connectivity index (χ0v) is 14.9. The molecule has 5 nitrogen and oxygen atoms in total. The first-order chi connectivity index (χ1) is 13.0. The van der Waals surface area contributed by atoms with Gasteiger partial charge in [-0.2, -0.15) is 0 Å². The molecule has 1 aromatic carbocycles. The number of aryl methyl sites for hydroxylation is 1. The van der Waals surface area contributed by atoms with Crippen molar-refractivity contribution in [1.29, 1.82) is 0 Å². The van der Waals surface area contributed by atoms with Crippen LogP contribution < -0.4 is 0 Å². The highest BCUT2D eigenvalue weighted by atomic mass is 19.1. The predicted octanol–water partition coefficient (Wildman–Crippen LogP) is 3.72. The molecule has 1 unspecified atom stereocenters. The molecule has 0 N–H and O–H groups in total. The quantitative estimate of drug-likeness (QED) is 0.819. The lowest BCUT2D eigenvalue weighted by atomic mass is 9.91. The summed E-state index contributed by atoms with van der Waals surface area (Å²) in [5.74, 6) is -0.944. The first kappa shape index (κ1) is 17.8. The zero-order chi connectivity index (χ0) is 19.0. The number of oxime groups is 1. The molecule has 3 heterocycles. The molecule has 0 amide bonds. The number of halogens is 3. The first-order valence-electron chi connectivity index (χ1n) is 8.88. The molecular weight excluding hydrogens is 357 g/mol. The number of amidine groups is 1. The molecule has 0 aliphatic carbocycles. The third kappa shape index (κ3) is 3.02. The summed E-state index contributed by atoms with van der Waals surface area (Å²) in [4.78, 5) is 16.1. The normalized spacial score (nSPS) is 22.1. The molecule has 1 atom stereocenters.